The summed E-state index contributed by atoms with van der Waals surface area (Å²) in [7, 11) is 0. The van der Waals surface area contributed by atoms with Crippen molar-refractivity contribution < 1.29 is 14.3 Å². The van der Waals surface area contributed by atoms with E-state index < -0.39 is 12.0 Å². The van der Waals surface area contributed by atoms with E-state index in [-0.39, 0.29) is 18.0 Å². The Hall–Kier alpha value is -2.10. The lowest BCUT2D eigenvalue weighted by Crippen LogP contribution is -2.35. The highest BCUT2D eigenvalue weighted by Crippen LogP contribution is 2.13. The molecule has 1 atom stereocenters. The van der Waals surface area contributed by atoms with Crippen LogP contribution in [0.25, 0.3) is 0 Å². The zero-order chi connectivity index (χ0) is 13.5. The van der Waals surface area contributed by atoms with E-state index in [2.05, 4.69) is 11.9 Å². The van der Waals surface area contributed by atoms with Crippen molar-refractivity contribution in [2.24, 2.45) is 0 Å². The number of Topliss-reactive ketones (excluding diaryl/α,β-unsaturated/α-hetero) is 1. The second-order valence-corrected chi connectivity index (χ2v) is 3.78. The van der Waals surface area contributed by atoms with Crippen LogP contribution in [0.15, 0.2) is 42.5 Å². The first-order valence-corrected chi connectivity index (χ1v) is 5.74. The van der Waals surface area contributed by atoms with Gasteiger partial charge in [0.15, 0.2) is 11.8 Å². The standard InChI is InChI=1S/C14H17NO3/c1-4-18-14(17)13(10(2)11(3)16)15-12-8-6-5-7-9-12/h5-9,13,15H,2,4H2,1,3H3. The van der Waals surface area contributed by atoms with Crippen molar-refractivity contribution >= 4 is 17.4 Å². The molecule has 0 aliphatic carbocycles. The van der Waals surface area contributed by atoms with E-state index in [1.54, 1.807) is 19.1 Å². The first kappa shape index (κ1) is 14.0. The van der Waals surface area contributed by atoms with Gasteiger partial charge >= 0.3 is 5.97 Å². The van der Waals surface area contributed by atoms with E-state index in [1.807, 2.05) is 18.2 Å². The van der Waals surface area contributed by atoms with Crippen LogP contribution in [0.5, 0.6) is 0 Å². The van der Waals surface area contributed by atoms with E-state index >= 15 is 0 Å². The van der Waals surface area contributed by atoms with Crippen molar-refractivity contribution in [1.82, 2.24) is 0 Å². The number of hydrogen-bond donors (Lipinski definition) is 1. The van der Waals surface area contributed by atoms with Crippen LogP contribution in [0.4, 0.5) is 5.69 Å². The molecule has 1 aromatic rings. The Kier molecular flexibility index (Phi) is 5.11. The summed E-state index contributed by atoms with van der Waals surface area (Å²) in [4.78, 5) is 23.1. The highest BCUT2D eigenvalue weighted by molar-refractivity contribution is 6.01. The van der Waals surface area contributed by atoms with Gasteiger partial charge in [0, 0.05) is 11.3 Å². The van der Waals surface area contributed by atoms with Gasteiger partial charge < -0.3 is 10.1 Å². The predicted octanol–water partition coefficient (Wildman–Crippen LogP) is 2.18. The molecule has 96 valence electrons. The van der Waals surface area contributed by atoms with E-state index in [0.717, 1.165) is 5.69 Å². The molecule has 4 nitrogen and oxygen atoms in total. The summed E-state index contributed by atoms with van der Waals surface area (Å²) in [6.45, 7) is 6.99. The molecule has 18 heavy (non-hydrogen) atoms. The van der Waals surface area contributed by atoms with Crippen LogP contribution in [0.2, 0.25) is 0 Å². The average molecular weight is 247 g/mol. The van der Waals surface area contributed by atoms with Crippen LogP contribution >= 0.6 is 0 Å². The summed E-state index contributed by atoms with van der Waals surface area (Å²) in [6.07, 6.45) is 0. The van der Waals surface area contributed by atoms with Gasteiger partial charge in [-0.05, 0) is 26.0 Å². The molecule has 0 saturated carbocycles. The van der Waals surface area contributed by atoms with E-state index in [1.165, 1.54) is 6.92 Å². The Labute approximate surface area is 107 Å². The molecule has 0 saturated heterocycles. The van der Waals surface area contributed by atoms with Gasteiger partial charge in [0.05, 0.1) is 6.61 Å². The molecular formula is C14H17NO3. The molecule has 0 aliphatic rings. The summed E-state index contributed by atoms with van der Waals surface area (Å²) >= 11 is 0. The van der Waals surface area contributed by atoms with Gasteiger partial charge in [0.2, 0.25) is 0 Å². The molecular weight excluding hydrogens is 230 g/mol. The first-order chi connectivity index (χ1) is 8.56. The Morgan fingerprint density at radius 3 is 2.44 bits per heavy atom. The molecule has 1 aromatic carbocycles. The van der Waals surface area contributed by atoms with Crippen molar-refractivity contribution in [3.63, 3.8) is 0 Å². The minimum atomic E-state index is -0.843. The second-order valence-electron chi connectivity index (χ2n) is 3.78. The largest absolute Gasteiger partial charge is 0.464 e. The minimum Gasteiger partial charge on any atom is -0.464 e. The van der Waals surface area contributed by atoms with Crippen molar-refractivity contribution in [3.05, 3.63) is 42.5 Å². The highest BCUT2D eigenvalue weighted by Gasteiger charge is 2.25. The van der Waals surface area contributed by atoms with Crippen molar-refractivity contribution in [2.75, 3.05) is 11.9 Å². The monoisotopic (exact) mass is 247 g/mol. The lowest BCUT2D eigenvalue weighted by atomic mass is 10.1. The van der Waals surface area contributed by atoms with Crippen molar-refractivity contribution in [2.45, 2.75) is 19.9 Å². The number of anilines is 1. The van der Waals surface area contributed by atoms with Gasteiger partial charge in [-0.15, -0.1) is 0 Å². The van der Waals surface area contributed by atoms with Crippen LogP contribution in [-0.2, 0) is 14.3 Å². The van der Waals surface area contributed by atoms with Crippen molar-refractivity contribution in [1.29, 1.82) is 0 Å². The molecule has 0 aliphatic heterocycles. The number of carbonyl (C=O) groups is 2. The number of ketones is 1. The molecule has 0 spiro atoms. The molecule has 0 heterocycles. The summed E-state index contributed by atoms with van der Waals surface area (Å²) in [5.41, 5.74) is 0.926. The average Bonchev–Trinajstić information content (AvgIpc) is 2.36. The van der Waals surface area contributed by atoms with E-state index in [0.29, 0.717) is 0 Å². The molecule has 0 radical (unpaired) electrons. The number of ether oxygens (including phenoxy) is 1. The molecule has 1 unspecified atom stereocenters. The molecule has 4 heteroatoms. The Bertz CT molecular complexity index is 440. The fourth-order valence-corrected chi connectivity index (χ4v) is 1.42. The Morgan fingerprint density at radius 2 is 1.94 bits per heavy atom. The van der Waals surface area contributed by atoms with Crippen LogP contribution in [0.1, 0.15) is 13.8 Å². The molecule has 0 fully saturated rings. The zero-order valence-electron chi connectivity index (χ0n) is 10.6. The maximum Gasteiger partial charge on any atom is 0.333 e. The smallest absolute Gasteiger partial charge is 0.333 e. The quantitative estimate of drug-likeness (QED) is 0.618. The maximum atomic E-state index is 11.8. The highest BCUT2D eigenvalue weighted by atomic mass is 16.5. The van der Waals surface area contributed by atoms with E-state index in [4.69, 9.17) is 4.74 Å². The molecule has 1 rings (SSSR count). The summed E-state index contributed by atoms with van der Waals surface area (Å²) in [5, 5.41) is 2.95. The third-order valence-corrected chi connectivity index (χ3v) is 2.41. The topological polar surface area (TPSA) is 55.4 Å². The second kappa shape index (κ2) is 6.59. The van der Waals surface area contributed by atoms with Crippen LogP contribution in [0.3, 0.4) is 0 Å². The predicted molar refractivity (Wildman–Crippen MR) is 70.3 cm³/mol. The van der Waals surface area contributed by atoms with Gasteiger partial charge in [0.25, 0.3) is 0 Å². The van der Waals surface area contributed by atoms with Crippen molar-refractivity contribution in [3.8, 4) is 0 Å². The number of nitrogens with one attached hydrogen (secondary N) is 1. The lowest BCUT2D eigenvalue weighted by molar-refractivity contribution is -0.143. The number of esters is 1. The van der Waals surface area contributed by atoms with Crippen LogP contribution in [0, 0.1) is 0 Å². The number of rotatable bonds is 6. The maximum absolute atomic E-state index is 11.8. The fourth-order valence-electron chi connectivity index (χ4n) is 1.42. The molecule has 0 bridgehead atoms. The third kappa shape index (κ3) is 3.73. The first-order valence-electron chi connectivity index (χ1n) is 5.74. The summed E-state index contributed by atoms with van der Waals surface area (Å²) in [6, 6.07) is 8.30. The number of carbonyl (C=O) groups excluding carboxylic acids is 2. The number of para-hydroxylation sites is 1. The zero-order valence-corrected chi connectivity index (χ0v) is 10.6. The van der Waals surface area contributed by atoms with Crippen LogP contribution < -0.4 is 5.32 Å². The summed E-state index contributed by atoms with van der Waals surface area (Å²) in [5.74, 6) is -0.738. The van der Waals surface area contributed by atoms with E-state index in [9.17, 15) is 9.59 Å². The third-order valence-electron chi connectivity index (χ3n) is 2.41. The summed E-state index contributed by atoms with van der Waals surface area (Å²) < 4.78 is 4.93. The lowest BCUT2D eigenvalue weighted by Gasteiger charge is -2.19. The minimum absolute atomic E-state index is 0.192. The molecule has 0 amide bonds. The number of hydrogen-bond acceptors (Lipinski definition) is 4. The Morgan fingerprint density at radius 1 is 1.33 bits per heavy atom. The SMILES string of the molecule is C=C(C(C)=O)C(Nc1ccccc1)C(=O)OCC. The van der Waals surface area contributed by atoms with Gasteiger partial charge in [-0.25, -0.2) is 4.79 Å². The molecule has 1 N–H and O–H groups in total. The van der Waals surface area contributed by atoms with Gasteiger partial charge in [-0.3, -0.25) is 4.79 Å². The normalized spacial score (nSPS) is 11.4. The number of benzene rings is 1. The Balaban J connectivity index is 2.88. The molecule has 0 aromatic heterocycles. The van der Waals surface area contributed by atoms with Gasteiger partial charge in [0.1, 0.15) is 0 Å². The fraction of sp³-hybridized carbons (Fsp3) is 0.286. The van der Waals surface area contributed by atoms with Gasteiger partial charge in [-0.1, -0.05) is 24.8 Å². The van der Waals surface area contributed by atoms with Gasteiger partial charge in [-0.2, -0.15) is 0 Å². The van der Waals surface area contributed by atoms with Crippen LogP contribution in [-0.4, -0.2) is 24.4 Å².